The molecule has 2 rings (SSSR count). The number of hydrogen-bond acceptors (Lipinski definition) is 5. The fourth-order valence-corrected chi connectivity index (χ4v) is 2.20. The molecule has 1 saturated heterocycles. The van der Waals surface area contributed by atoms with Gasteiger partial charge < -0.3 is 10.6 Å². The van der Waals surface area contributed by atoms with E-state index in [4.69, 9.17) is 5.73 Å². The Morgan fingerprint density at radius 3 is 2.75 bits per heavy atom. The Bertz CT molecular complexity index is 616. The Balaban J connectivity index is 2.52. The molecule has 3 N–H and O–H groups in total. The summed E-state index contributed by atoms with van der Waals surface area (Å²) in [6, 6.07) is 7.30. The molecular formula is C14H16N4O2. The van der Waals surface area contributed by atoms with Crippen LogP contribution in [0.15, 0.2) is 18.2 Å². The molecule has 0 radical (unpaired) electrons. The van der Waals surface area contributed by atoms with E-state index in [0.717, 1.165) is 5.56 Å². The first-order valence-corrected chi connectivity index (χ1v) is 6.25. The van der Waals surface area contributed by atoms with E-state index in [1.165, 1.54) is 0 Å². The fraction of sp³-hybridized carbons (Fsp3) is 0.357. The molecule has 6 heteroatoms. The van der Waals surface area contributed by atoms with Crippen molar-refractivity contribution in [1.82, 2.24) is 5.32 Å². The smallest absolute Gasteiger partial charge is 0.251 e. The van der Waals surface area contributed by atoms with Gasteiger partial charge in [0.15, 0.2) is 0 Å². The molecule has 1 aromatic carbocycles. The summed E-state index contributed by atoms with van der Waals surface area (Å²) in [5.74, 6) is -0.748. The van der Waals surface area contributed by atoms with Crippen LogP contribution in [-0.2, 0) is 16.1 Å². The van der Waals surface area contributed by atoms with E-state index >= 15 is 0 Å². The highest BCUT2D eigenvalue weighted by Gasteiger charge is 2.41. The number of nitriles is 1. The third kappa shape index (κ3) is 2.24. The van der Waals surface area contributed by atoms with Crippen molar-refractivity contribution < 1.29 is 9.59 Å². The standard InChI is InChI=1S/C14H16N4O2/c1-14(2)13(20)17-12(19)8-18(14)11-4-3-9(6-15)5-10(11)7-16/h3-5H,6,8,15H2,1-2H3,(H,17,19,20). The summed E-state index contributed by atoms with van der Waals surface area (Å²) in [7, 11) is 0. The minimum Gasteiger partial charge on any atom is -0.347 e. The number of carbonyl (C=O) groups excluding carboxylic acids is 2. The SMILES string of the molecule is CC1(C)C(=O)NC(=O)CN1c1ccc(CN)cc1C#N. The highest BCUT2D eigenvalue weighted by molar-refractivity contribution is 6.06. The second-order valence-electron chi connectivity index (χ2n) is 5.19. The minimum absolute atomic E-state index is 0.0371. The predicted octanol–water partition coefficient (Wildman–Crippen LogP) is 0.258. The van der Waals surface area contributed by atoms with Gasteiger partial charge in [0.05, 0.1) is 17.8 Å². The van der Waals surface area contributed by atoms with Gasteiger partial charge in [0.2, 0.25) is 5.91 Å². The van der Waals surface area contributed by atoms with Gasteiger partial charge in [-0.1, -0.05) is 6.07 Å². The molecule has 1 aromatic rings. The average Bonchev–Trinajstić information content (AvgIpc) is 2.42. The average molecular weight is 272 g/mol. The lowest BCUT2D eigenvalue weighted by molar-refractivity contribution is -0.135. The van der Waals surface area contributed by atoms with Crippen LogP contribution in [0.4, 0.5) is 5.69 Å². The van der Waals surface area contributed by atoms with Crippen LogP contribution >= 0.6 is 0 Å². The molecule has 2 amide bonds. The predicted molar refractivity (Wildman–Crippen MR) is 73.6 cm³/mol. The van der Waals surface area contributed by atoms with Crippen LogP contribution in [0.5, 0.6) is 0 Å². The molecule has 0 saturated carbocycles. The Morgan fingerprint density at radius 2 is 2.15 bits per heavy atom. The molecule has 1 heterocycles. The molecule has 0 aliphatic carbocycles. The van der Waals surface area contributed by atoms with Gasteiger partial charge in [-0.05, 0) is 31.5 Å². The maximum absolute atomic E-state index is 12.0. The summed E-state index contributed by atoms with van der Waals surface area (Å²) in [5.41, 5.74) is 6.46. The molecule has 1 aliphatic rings. The van der Waals surface area contributed by atoms with Crippen LogP contribution in [0.25, 0.3) is 0 Å². The van der Waals surface area contributed by atoms with E-state index in [0.29, 0.717) is 17.8 Å². The molecule has 0 aromatic heterocycles. The Kier molecular flexibility index (Phi) is 3.47. The van der Waals surface area contributed by atoms with Crippen LogP contribution in [-0.4, -0.2) is 23.9 Å². The van der Waals surface area contributed by atoms with E-state index in [2.05, 4.69) is 11.4 Å². The van der Waals surface area contributed by atoms with Crippen LogP contribution in [0.2, 0.25) is 0 Å². The number of anilines is 1. The van der Waals surface area contributed by atoms with Crippen LogP contribution in [0.3, 0.4) is 0 Å². The zero-order valence-corrected chi connectivity index (χ0v) is 11.4. The van der Waals surface area contributed by atoms with E-state index < -0.39 is 5.54 Å². The summed E-state index contributed by atoms with van der Waals surface area (Å²) in [6.07, 6.45) is 0. The first-order valence-electron chi connectivity index (χ1n) is 6.25. The van der Waals surface area contributed by atoms with Crippen molar-refractivity contribution in [2.75, 3.05) is 11.4 Å². The highest BCUT2D eigenvalue weighted by Crippen LogP contribution is 2.29. The lowest BCUT2D eigenvalue weighted by Gasteiger charge is -2.42. The molecule has 1 aliphatic heterocycles. The molecule has 20 heavy (non-hydrogen) atoms. The molecule has 1 fully saturated rings. The van der Waals surface area contributed by atoms with Gasteiger partial charge in [0, 0.05) is 6.54 Å². The van der Waals surface area contributed by atoms with Crippen molar-refractivity contribution in [2.45, 2.75) is 25.9 Å². The van der Waals surface area contributed by atoms with Gasteiger partial charge in [-0.3, -0.25) is 14.9 Å². The van der Waals surface area contributed by atoms with E-state index in [9.17, 15) is 14.9 Å². The zero-order valence-electron chi connectivity index (χ0n) is 11.4. The van der Waals surface area contributed by atoms with Crippen LogP contribution in [0, 0.1) is 11.3 Å². The van der Waals surface area contributed by atoms with Gasteiger partial charge in [-0.2, -0.15) is 5.26 Å². The molecular weight excluding hydrogens is 256 g/mol. The first kappa shape index (κ1) is 14.0. The number of carbonyl (C=O) groups is 2. The minimum atomic E-state index is -0.899. The van der Waals surface area contributed by atoms with Crippen molar-refractivity contribution in [1.29, 1.82) is 5.26 Å². The molecule has 6 nitrogen and oxygen atoms in total. The molecule has 0 bridgehead atoms. The normalized spacial score (nSPS) is 17.6. The molecule has 0 unspecified atom stereocenters. The van der Waals surface area contributed by atoms with Crippen LogP contribution < -0.4 is 16.0 Å². The molecule has 0 atom stereocenters. The monoisotopic (exact) mass is 272 g/mol. The second kappa shape index (κ2) is 4.94. The fourth-order valence-electron chi connectivity index (χ4n) is 2.20. The van der Waals surface area contributed by atoms with Crippen molar-refractivity contribution in [3.63, 3.8) is 0 Å². The van der Waals surface area contributed by atoms with Crippen molar-refractivity contribution in [3.8, 4) is 6.07 Å². The third-order valence-corrected chi connectivity index (χ3v) is 3.49. The van der Waals surface area contributed by atoms with Crippen molar-refractivity contribution >= 4 is 17.5 Å². The number of benzene rings is 1. The summed E-state index contributed by atoms with van der Waals surface area (Å²) < 4.78 is 0. The Labute approximate surface area is 117 Å². The number of rotatable bonds is 2. The molecule has 104 valence electrons. The number of nitrogens with zero attached hydrogens (tertiary/aromatic N) is 2. The van der Waals surface area contributed by atoms with E-state index in [-0.39, 0.29) is 18.4 Å². The Hall–Kier alpha value is -2.39. The topological polar surface area (TPSA) is 99.2 Å². The van der Waals surface area contributed by atoms with Gasteiger partial charge in [-0.25, -0.2) is 0 Å². The van der Waals surface area contributed by atoms with Gasteiger partial charge in [-0.15, -0.1) is 0 Å². The number of piperazine rings is 1. The summed E-state index contributed by atoms with van der Waals surface area (Å²) in [5, 5.41) is 11.6. The van der Waals surface area contributed by atoms with Crippen molar-refractivity contribution in [2.24, 2.45) is 5.73 Å². The number of amides is 2. The number of nitrogens with one attached hydrogen (secondary N) is 1. The quantitative estimate of drug-likeness (QED) is 0.752. The van der Waals surface area contributed by atoms with Gasteiger partial charge in [0.25, 0.3) is 5.91 Å². The van der Waals surface area contributed by atoms with E-state index in [1.807, 2.05) is 0 Å². The first-order chi connectivity index (χ1) is 9.40. The maximum Gasteiger partial charge on any atom is 0.251 e. The number of imide groups is 1. The maximum atomic E-state index is 12.0. The largest absolute Gasteiger partial charge is 0.347 e. The molecule has 0 spiro atoms. The summed E-state index contributed by atoms with van der Waals surface area (Å²) in [4.78, 5) is 25.2. The van der Waals surface area contributed by atoms with Gasteiger partial charge in [0.1, 0.15) is 11.6 Å². The summed E-state index contributed by atoms with van der Waals surface area (Å²) >= 11 is 0. The van der Waals surface area contributed by atoms with Gasteiger partial charge >= 0.3 is 0 Å². The third-order valence-electron chi connectivity index (χ3n) is 3.49. The Morgan fingerprint density at radius 1 is 1.45 bits per heavy atom. The summed E-state index contributed by atoms with van der Waals surface area (Å²) in [6.45, 7) is 3.80. The van der Waals surface area contributed by atoms with Crippen LogP contribution in [0.1, 0.15) is 25.0 Å². The second-order valence-corrected chi connectivity index (χ2v) is 5.19. The highest BCUT2D eigenvalue weighted by atomic mass is 16.2. The number of hydrogen-bond donors (Lipinski definition) is 2. The lowest BCUT2D eigenvalue weighted by atomic mass is 9.96. The lowest BCUT2D eigenvalue weighted by Crippen LogP contribution is -2.64. The zero-order chi connectivity index (χ0) is 14.9. The number of nitrogens with two attached hydrogens (primary N) is 1. The van der Waals surface area contributed by atoms with E-state index in [1.54, 1.807) is 36.9 Å². The van der Waals surface area contributed by atoms with Crippen molar-refractivity contribution in [3.05, 3.63) is 29.3 Å².